The zero-order valence-electron chi connectivity index (χ0n) is 10.1. The van der Waals surface area contributed by atoms with Crippen molar-refractivity contribution in [2.24, 2.45) is 5.84 Å². The van der Waals surface area contributed by atoms with Crippen LogP contribution in [0.15, 0.2) is 30.6 Å². The maximum Gasteiger partial charge on any atom is 0.0593 e. The second-order valence-electron chi connectivity index (χ2n) is 4.17. The lowest BCUT2D eigenvalue weighted by Gasteiger charge is -2.13. The molecule has 2 aromatic heterocycles. The maximum atomic E-state index is 5.65. The van der Waals surface area contributed by atoms with Crippen LogP contribution < -0.4 is 11.3 Å². The van der Waals surface area contributed by atoms with E-state index in [0.717, 1.165) is 6.42 Å². The van der Waals surface area contributed by atoms with E-state index in [0.29, 0.717) is 0 Å². The van der Waals surface area contributed by atoms with Gasteiger partial charge in [0.25, 0.3) is 0 Å². The van der Waals surface area contributed by atoms with Gasteiger partial charge in [-0.05, 0) is 49.6 Å². The number of rotatable bonds is 4. The highest BCUT2D eigenvalue weighted by Gasteiger charge is 2.13. The largest absolute Gasteiger partial charge is 0.271 e. The lowest BCUT2D eigenvalue weighted by molar-refractivity contribution is 0.560. The Kier molecular flexibility index (Phi) is 3.89. The molecule has 2 aromatic rings. The van der Waals surface area contributed by atoms with E-state index >= 15 is 0 Å². The summed E-state index contributed by atoms with van der Waals surface area (Å²) in [5.74, 6) is 5.65. The third kappa shape index (κ3) is 2.91. The van der Waals surface area contributed by atoms with Crippen molar-refractivity contribution in [3.8, 4) is 0 Å². The fourth-order valence-electron chi connectivity index (χ4n) is 1.77. The quantitative estimate of drug-likeness (QED) is 0.644. The van der Waals surface area contributed by atoms with Crippen molar-refractivity contribution in [3.63, 3.8) is 0 Å². The molecule has 2 heterocycles. The number of hydrogen-bond donors (Lipinski definition) is 2. The first kappa shape index (κ1) is 12.2. The monoisotopic (exact) mass is 247 g/mol. The highest BCUT2D eigenvalue weighted by molar-refractivity contribution is 7.12. The number of hydrogen-bond acceptors (Lipinski definition) is 4. The summed E-state index contributed by atoms with van der Waals surface area (Å²) in [5, 5.41) is 0. The molecule has 0 amide bonds. The van der Waals surface area contributed by atoms with Gasteiger partial charge in [0.2, 0.25) is 0 Å². The van der Waals surface area contributed by atoms with Gasteiger partial charge in [0, 0.05) is 22.1 Å². The first-order valence-corrected chi connectivity index (χ1v) is 6.44. The molecule has 0 aliphatic carbocycles. The number of aromatic nitrogens is 1. The molecule has 3 nitrogen and oxygen atoms in total. The SMILES string of the molecule is Cc1cc(C(Cc2ccncc2)NN)sc1C. The molecule has 0 aromatic carbocycles. The lowest BCUT2D eigenvalue weighted by atomic mass is 10.1. The highest BCUT2D eigenvalue weighted by atomic mass is 32.1. The Balaban J connectivity index is 2.17. The van der Waals surface area contributed by atoms with E-state index in [-0.39, 0.29) is 6.04 Å². The summed E-state index contributed by atoms with van der Waals surface area (Å²) in [4.78, 5) is 6.67. The second kappa shape index (κ2) is 5.40. The van der Waals surface area contributed by atoms with Gasteiger partial charge < -0.3 is 0 Å². The molecule has 0 aliphatic heterocycles. The minimum absolute atomic E-state index is 0.176. The first-order chi connectivity index (χ1) is 8.20. The number of pyridine rings is 1. The van der Waals surface area contributed by atoms with Crippen LogP contribution in [0.5, 0.6) is 0 Å². The average Bonchev–Trinajstić information content (AvgIpc) is 2.68. The molecule has 0 fully saturated rings. The number of aryl methyl sites for hydroxylation is 2. The third-order valence-electron chi connectivity index (χ3n) is 2.92. The third-order valence-corrected chi connectivity index (χ3v) is 4.19. The lowest BCUT2D eigenvalue weighted by Crippen LogP contribution is -2.28. The zero-order chi connectivity index (χ0) is 12.3. The Labute approximate surface area is 106 Å². The summed E-state index contributed by atoms with van der Waals surface area (Å²) < 4.78 is 0. The molecule has 0 radical (unpaired) electrons. The van der Waals surface area contributed by atoms with E-state index in [2.05, 4.69) is 30.3 Å². The minimum Gasteiger partial charge on any atom is -0.271 e. The van der Waals surface area contributed by atoms with Crippen molar-refractivity contribution in [3.05, 3.63) is 51.5 Å². The summed E-state index contributed by atoms with van der Waals surface area (Å²) >= 11 is 1.81. The molecule has 90 valence electrons. The van der Waals surface area contributed by atoms with Gasteiger partial charge in [-0.25, -0.2) is 0 Å². The average molecular weight is 247 g/mol. The van der Waals surface area contributed by atoms with Gasteiger partial charge >= 0.3 is 0 Å². The summed E-state index contributed by atoms with van der Waals surface area (Å²) in [6.45, 7) is 4.28. The van der Waals surface area contributed by atoms with Gasteiger partial charge in [0.1, 0.15) is 0 Å². The van der Waals surface area contributed by atoms with Gasteiger partial charge in [0.05, 0.1) is 6.04 Å². The smallest absolute Gasteiger partial charge is 0.0593 e. The zero-order valence-corrected chi connectivity index (χ0v) is 10.9. The van der Waals surface area contributed by atoms with Crippen LogP contribution in [0.4, 0.5) is 0 Å². The Morgan fingerprint density at radius 2 is 2.06 bits per heavy atom. The van der Waals surface area contributed by atoms with Crippen LogP contribution in [-0.2, 0) is 6.42 Å². The predicted octanol–water partition coefficient (Wildman–Crippen LogP) is 2.51. The van der Waals surface area contributed by atoms with E-state index in [1.54, 1.807) is 0 Å². The van der Waals surface area contributed by atoms with Crippen LogP contribution >= 0.6 is 11.3 Å². The van der Waals surface area contributed by atoms with Gasteiger partial charge in [-0.2, -0.15) is 0 Å². The molecule has 4 heteroatoms. The van der Waals surface area contributed by atoms with Gasteiger partial charge in [0.15, 0.2) is 0 Å². The highest BCUT2D eigenvalue weighted by Crippen LogP contribution is 2.28. The van der Waals surface area contributed by atoms with Crippen molar-refractivity contribution in [1.29, 1.82) is 0 Å². The summed E-state index contributed by atoms with van der Waals surface area (Å²) in [5.41, 5.74) is 5.47. The number of hydrazine groups is 1. The van der Waals surface area contributed by atoms with Crippen LogP contribution in [0.1, 0.15) is 26.9 Å². The fraction of sp³-hybridized carbons (Fsp3) is 0.308. The summed E-state index contributed by atoms with van der Waals surface area (Å²) in [6.07, 6.45) is 4.51. The van der Waals surface area contributed by atoms with E-state index < -0.39 is 0 Å². The van der Waals surface area contributed by atoms with Crippen molar-refractivity contribution >= 4 is 11.3 Å². The normalized spacial score (nSPS) is 12.6. The second-order valence-corrected chi connectivity index (χ2v) is 5.45. The number of nitrogens with zero attached hydrogens (tertiary/aromatic N) is 1. The van der Waals surface area contributed by atoms with Crippen LogP contribution in [0, 0.1) is 13.8 Å². The van der Waals surface area contributed by atoms with Gasteiger partial charge in [-0.3, -0.25) is 16.3 Å². The Bertz CT molecular complexity index is 459. The summed E-state index contributed by atoms with van der Waals surface area (Å²) in [6, 6.07) is 6.44. The van der Waals surface area contributed by atoms with Gasteiger partial charge in [-0.15, -0.1) is 11.3 Å². The minimum atomic E-state index is 0.176. The van der Waals surface area contributed by atoms with Crippen LogP contribution in [0.2, 0.25) is 0 Å². The number of nitrogens with two attached hydrogens (primary N) is 1. The molecule has 2 rings (SSSR count). The molecule has 0 saturated carbocycles. The predicted molar refractivity (Wildman–Crippen MR) is 71.8 cm³/mol. The standard InChI is InChI=1S/C13H17N3S/c1-9-7-13(17-10(9)2)12(16-14)8-11-3-5-15-6-4-11/h3-7,12,16H,8,14H2,1-2H3. The molecule has 1 unspecified atom stereocenters. The Morgan fingerprint density at radius 3 is 2.59 bits per heavy atom. The van der Waals surface area contributed by atoms with E-state index in [4.69, 9.17) is 5.84 Å². The fourth-order valence-corrected chi connectivity index (χ4v) is 2.87. The molecule has 0 aliphatic rings. The van der Waals surface area contributed by atoms with Crippen molar-refractivity contribution in [2.75, 3.05) is 0 Å². The van der Waals surface area contributed by atoms with Crippen LogP contribution in [0.3, 0.4) is 0 Å². The van der Waals surface area contributed by atoms with Crippen LogP contribution in [0.25, 0.3) is 0 Å². The molecule has 0 bridgehead atoms. The Hall–Kier alpha value is -1.23. The molecule has 0 saturated heterocycles. The van der Waals surface area contributed by atoms with Gasteiger partial charge in [-0.1, -0.05) is 0 Å². The molecule has 0 spiro atoms. The summed E-state index contributed by atoms with van der Waals surface area (Å²) in [7, 11) is 0. The van der Waals surface area contributed by atoms with Crippen LogP contribution in [-0.4, -0.2) is 4.98 Å². The van der Waals surface area contributed by atoms with Crippen molar-refractivity contribution < 1.29 is 0 Å². The van der Waals surface area contributed by atoms with Crippen molar-refractivity contribution in [2.45, 2.75) is 26.3 Å². The maximum absolute atomic E-state index is 5.65. The molecular weight excluding hydrogens is 230 g/mol. The number of thiophene rings is 1. The van der Waals surface area contributed by atoms with E-state index in [1.807, 2.05) is 35.9 Å². The molecule has 3 N–H and O–H groups in total. The van der Waals surface area contributed by atoms with Crippen molar-refractivity contribution in [1.82, 2.24) is 10.4 Å². The Morgan fingerprint density at radius 1 is 1.35 bits per heavy atom. The van der Waals surface area contributed by atoms with E-state index in [9.17, 15) is 0 Å². The molecule has 17 heavy (non-hydrogen) atoms. The number of nitrogens with one attached hydrogen (secondary N) is 1. The molecular formula is C13H17N3S. The van der Waals surface area contributed by atoms with E-state index in [1.165, 1.54) is 20.9 Å². The molecule has 1 atom stereocenters. The topological polar surface area (TPSA) is 50.9 Å². The first-order valence-electron chi connectivity index (χ1n) is 5.62.